The van der Waals surface area contributed by atoms with Gasteiger partial charge in [0.05, 0.1) is 36.1 Å². The third kappa shape index (κ3) is 6.36. The van der Waals surface area contributed by atoms with E-state index >= 15 is 4.39 Å². The molecule has 216 valence electrons. The Labute approximate surface area is 242 Å². The van der Waals surface area contributed by atoms with E-state index in [2.05, 4.69) is 10.6 Å². The fourth-order valence-electron chi connectivity index (χ4n) is 5.39. The van der Waals surface area contributed by atoms with Crippen LogP contribution < -0.4 is 20.1 Å². The van der Waals surface area contributed by atoms with E-state index in [1.807, 2.05) is 0 Å². The van der Waals surface area contributed by atoms with Crippen molar-refractivity contribution in [1.82, 2.24) is 0 Å². The molecule has 3 N–H and O–H groups in total. The van der Waals surface area contributed by atoms with Crippen LogP contribution in [0.2, 0.25) is 5.02 Å². The number of benzene rings is 3. The van der Waals surface area contributed by atoms with E-state index in [1.54, 1.807) is 62.4 Å². The number of para-hydroxylation sites is 4. The van der Waals surface area contributed by atoms with Crippen molar-refractivity contribution in [1.29, 1.82) is 0 Å². The summed E-state index contributed by atoms with van der Waals surface area (Å²) in [6.45, 7) is 5.57. The highest BCUT2D eigenvalue weighted by molar-refractivity contribution is 6.31. The van der Waals surface area contributed by atoms with Crippen molar-refractivity contribution in [3.63, 3.8) is 0 Å². The first-order valence-corrected chi connectivity index (χ1v) is 13.7. The molecule has 0 bridgehead atoms. The highest BCUT2D eigenvalue weighted by Crippen LogP contribution is 2.49. The number of hydrogen-bond donors (Lipinski definition) is 3. The number of aliphatic hydroxyl groups is 1. The summed E-state index contributed by atoms with van der Waals surface area (Å²) in [6.07, 6.45) is -0.522. The lowest BCUT2D eigenvalue weighted by Gasteiger charge is -2.44. The molecule has 1 fully saturated rings. The normalized spacial score (nSPS) is 22.1. The van der Waals surface area contributed by atoms with E-state index in [0.717, 1.165) is 6.07 Å². The Morgan fingerprint density at radius 2 is 1.46 bits per heavy atom. The Morgan fingerprint density at radius 3 is 2.00 bits per heavy atom. The van der Waals surface area contributed by atoms with Crippen molar-refractivity contribution in [3.8, 4) is 11.5 Å². The minimum atomic E-state index is -1.95. The third-order valence-electron chi connectivity index (χ3n) is 7.05. The lowest BCUT2D eigenvalue weighted by atomic mass is 9.61. The number of ether oxygens (including phenoxy) is 2. The second-order valence-electron chi connectivity index (χ2n) is 9.95. The van der Waals surface area contributed by atoms with Gasteiger partial charge in [-0.25, -0.2) is 4.39 Å². The Kier molecular flexibility index (Phi) is 9.30. The van der Waals surface area contributed by atoms with E-state index < -0.39 is 53.2 Å². The van der Waals surface area contributed by atoms with Crippen molar-refractivity contribution in [2.24, 2.45) is 11.8 Å². The maximum Gasteiger partial charge on any atom is 0.235 e. The van der Waals surface area contributed by atoms with Crippen molar-refractivity contribution >= 4 is 40.6 Å². The molecule has 4 atom stereocenters. The molecule has 1 aliphatic rings. The zero-order valence-electron chi connectivity index (χ0n) is 22.9. The zero-order valence-corrected chi connectivity index (χ0v) is 23.7. The minimum Gasteiger partial charge on any atom is -0.492 e. The van der Waals surface area contributed by atoms with Gasteiger partial charge in [-0.05, 0) is 57.2 Å². The molecule has 4 rings (SSSR count). The fraction of sp³-hybridized carbons (Fsp3) is 0.323. The lowest BCUT2D eigenvalue weighted by molar-refractivity contribution is -0.150. The van der Waals surface area contributed by atoms with Crippen LogP contribution in [0.3, 0.4) is 0 Å². The van der Waals surface area contributed by atoms with Crippen LogP contribution in [0.15, 0.2) is 66.7 Å². The molecule has 4 unspecified atom stereocenters. The Morgan fingerprint density at radius 1 is 0.927 bits per heavy atom. The van der Waals surface area contributed by atoms with Crippen LogP contribution in [-0.2, 0) is 14.4 Å². The van der Waals surface area contributed by atoms with E-state index in [9.17, 15) is 19.5 Å². The number of rotatable bonds is 9. The van der Waals surface area contributed by atoms with Crippen LogP contribution in [0.4, 0.5) is 15.8 Å². The van der Waals surface area contributed by atoms with Gasteiger partial charge in [0.15, 0.2) is 0 Å². The Bertz CT molecular complexity index is 1430. The van der Waals surface area contributed by atoms with Gasteiger partial charge >= 0.3 is 0 Å². The molecule has 1 saturated carbocycles. The van der Waals surface area contributed by atoms with Crippen LogP contribution in [0.1, 0.15) is 38.7 Å². The second kappa shape index (κ2) is 12.7. The van der Waals surface area contributed by atoms with Gasteiger partial charge in [-0.2, -0.15) is 0 Å². The number of nitrogens with one attached hydrogen (secondary N) is 2. The van der Waals surface area contributed by atoms with Gasteiger partial charge in [0.2, 0.25) is 11.8 Å². The minimum absolute atomic E-state index is 0.0828. The molecule has 0 aromatic heterocycles. The molecule has 0 spiro atoms. The van der Waals surface area contributed by atoms with Gasteiger partial charge in [-0.1, -0.05) is 41.9 Å². The summed E-state index contributed by atoms with van der Waals surface area (Å²) in [4.78, 5) is 41.3. The average Bonchev–Trinajstić information content (AvgIpc) is 2.90. The molecule has 1 aliphatic carbocycles. The first-order chi connectivity index (χ1) is 19.6. The molecule has 2 amide bonds. The van der Waals surface area contributed by atoms with Crippen LogP contribution in [-0.4, -0.2) is 41.5 Å². The first kappa shape index (κ1) is 30.0. The molecule has 8 nitrogen and oxygen atoms in total. The molecule has 0 aliphatic heterocycles. The number of amides is 2. The summed E-state index contributed by atoms with van der Waals surface area (Å²) < 4.78 is 26.7. The third-order valence-corrected chi connectivity index (χ3v) is 7.38. The van der Waals surface area contributed by atoms with Crippen molar-refractivity contribution in [3.05, 3.63) is 83.1 Å². The summed E-state index contributed by atoms with van der Waals surface area (Å²) in [6, 6.07) is 17.3. The number of ketones is 1. The number of Topliss-reactive ketones (excluding diaryl/α,β-unsaturated/α-hetero) is 1. The SMILES string of the molecule is CCOc1ccccc1NC(=O)C1C(=O)CC(C)(O)C(C(=O)Nc2ccccc2OCC)C1c1c(F)cccc1Cl. The maximum atomic E-state index is 15.5. The first-order valence-electron chi connectivity index (χ1n) is 13.3. The molecular weight excluding hydrogens is 551 g/mol. The maximum absolute atomic E-state index is 15.5. The fourth-order valence-corrected chi connectivity index (χ4v) is 5.68. The van der Waals surface area contributed by atoms with E-state index in [0.29, 0.717) is 36.1 Å². The molecular formula is C31H32ClFN2O6. The zero-order chi connectivity index (χ0) is 29.7. The molecule has 10 heteroatoms. The lowest BCUT2D eigenvalue weighted by Crippen LogP contribution is -2.56. The van der Waals surface area contributed by atoms with Crippen molar-refractivity contribution in [2.75, 3.05) is 23.8 Å². The highest BCUT2D eigenvalue weighted by atomic mass is 35.5. The van der Waals surface area contributed by atoms with E-state index in [4.69, 9.17) is 21.1 Å². The van der Waals surface area contributed by atoms with Crippen molar-refractivity contribution in [2.45, 2.75) is 38.7 Å². The Hall–Kier alpha value is -3.95. The molecule has 0 radical (unpaired) electrons. The summed E-state index contributed by atoms with van der Waals surface area (Å²) >= 11 is 6.46. The van der Waals surface area contributed by atoms with E-state index in [1.165, 1.54) is 19.1 Å². The van der Waals surface area contributed by atoms with Gasteiger partial charge in [-0.3, -0.25) is 14.4 Å². The van der Waals surface area contributed by atoms with Crippen LogP contribution in [0.5, 0.6) is 11.5 Å². The number of carbonyl (C=O) groups is 3. The highest BCUT2D eigenvalue weighted by Gasteiger charge is 2.57. The topological polar surface area (TPSA) is 114 Å². The predicted octanol–water partition coefficient (Wildman–Crippen LogP) is 5.59. The van der Waals surface area contributed by atoms with E-state index in [-0.39, 0.29) is 10.6 Å². The molecule has 0 saturated heterocycles. The second-order valence-corrected chi connectivity index (χ2v) is 10.4. The summed E-state index contributed by atoms with van der Waals surface area (Å²) in [5, 5.41) is 16.9. The number of halogens is 2. The number of hydrogen-bond acceptors (Lipinski definition) is 6. The summed E-state index contributed by atoms with van der Waals surface area (Å²) in [7, 11) is 0. The molecule has 41 heavy (non-hydrogen) atoms. The molecule has 3 aromatic rings. The van der Waals surface area contributed by atoms with Crippen molar-refractivity contribution < 1.29 is 33.4 Å². The summed E-state index contributed by atoms with van der Waals surface area (Å²) in [5.41, 5.74) is -1.54. The molecule has 3 aromatic carbocycles. The summed E-state index contributed by atoms with van der Waals surface area (Å²) in [5.74, 6) is -6.69. The quantitative estimate of drug-likeness (QED) is 0.283. The monoisotopic (exact) mass is 582 g/mol. The van der Waals surface area contributed by atoms with Gasteiger partial charge in [0.25, 0.3) is 0 Å². The number of carbonyl (C=O) groups excluding carboxylic acids is 3. The standard InChI is InChI=1S/C31H32ClFN2O6/c1-4-40-23-15-8-6-13-20(23)34-29(37)26-22(36)17-31(3,39)28(27(26)25-18(32)11-10-12-19(25)33)30(38)35-21-14-7-9-16-24(21)41-5-2/h6-16,26-28,39H,4-5,17H2,1-3H3,(H,34,37)(H,35,38). The van der Waals surface area contributed by atoms with Crippen LogP contribution in [0, 0.1) is 17.7 Å². The van der Waals surface area contributed by atoms with Gasteiger partial charge in [0, 0.05) is 22.9 Å². The smallest absolute Gasteiger partial charge is 0.235 e. The number of anilines is 2. The average molecular weight is 583 g/mol. The predicted molar refractivity (Wildman–Crippen MR) is 154 cm³/mol. The molecule has 0 heterocycles. The van der Waals surface area contributed by atoms with Gasteiger partial charge < -0.3 is 25.2 Å². The largest absolute Gasteiger partial charge is 0.492 e. The Balaban J connectivity index is 1.82. The van der Waals surface area contributed by atoms with Crippen LogP contribution in [0.25, 0.3) is 0 Å². The van der Waals surface area contributed by atoms with Gasteiger partial charge in [0.1, 0.15) is 29.0 Å². The van der Waals surface area contributed by atoms with Crippen LogP contribution >= 0.6 is 11.6 Å². The van der Waals surface area contributed by atoms with Gasteiger partial charge in [-0.15, -0.1) is 0 Å².